The molecular formula is C9H16N4O2. The van der Waals surface area contributed by atoms with Crippen LogP contribution in [0, 0.1) is 0 Å². The Morgan fingerprint density at radius 2 is 2.40 bits per heavy atom. The van der Waals surface area contributed by atoms with E-state index < -0.39 is 0 Å². The van der Waals surface area contributed by atoms with Crippen LogP contribution >= 0.6 is 0 Å². The summed E-state index contributed by atoms with van der Waals surface area (Å²) in [7, 11) is 0. The Bertz CT molecular complexity index is 286. The summed E-state index contributed by atoms with van der Waals surface area (Å²) in [6.07, 6.45) is 3.32. The van der Waals surface area contributed by atoms with E-state index in [0.29, 0.717) is 18.8 Å². The van der Waals surface area contributed by atoms with E-state index in [9.17, 15) is 4.79 Å². The summed E-state index contributed by atoms with van der Waals surface area (Å²) in [5.41, 5.74) is 0.291. The van der Waals surface area contributed by atoms with Crippen LogP contribution in [-0.4, -0.2) is 51.0 Å². The van der Waals surface area contributed by atoms with Crippen molar-refractivity contribution in [3.8, 4) is 0 Å². The second-order valence-corrected chi connectivity index (χ2v) is 3.22. The summed E-state index contributed by atoms with van der Waals surface area (Å²) in [6, 6.07) is 0. The zero-order chi connectivity index (χ0) is 11.1. The van der Waals surface area contributed by atoms with Gasteiger partial charge < -0.3 is 10.0 Å². The molecule has 2 N–H and O–H groups in total. The molecule has 1 amide bonds. The predicted octanol–water partition coefficient (Wildman–Crippen LogP) is 0.0393. The van der Waals surface area contributed by atoms with Crippen LogP contribution in [0.15, 0.2) is 6.20 Å². The third-order valence-electron chi connectivity index (χ3n) is 2.07. The first kappa shape index (κ1) is 11.6. The topological polar surface area (TPSA) is 82.1 Å². The number of aliphatic hydroxyl groups is 1. The van der Waals surface area contributed by atoms with Gasteiger partial charge in [0.2, 0.25) is 0 Å². The molecule has 84 valence electrons. The Balaban J connectivity index is 2.58. The first-order valence-electron chi connectivity index (χ1n) is 5.05. The van der Waals surface area contributed by atoms with Gasteiger partial charge in [-0.25, -0.2) is 0 Å². The first-order chi connectivity index (χ1) is 7.29. The normalized spacial score (nSPS) is 10.3. The van der Waals surface area contributed by atoms with Gasteiger partial charge in [-0.1, -0.05) is 13.3 Å². The van der Waals surface area contributed by atoms with E-state index >= 15 is 0 Å². The van der Waals surface area contributed by atoms with E-state index in [4.69, 9.17) is 5.11 Å². The molecule has 0 aliphatic heterocycles. The lowest BCUT2D eigenvalue weighted by Crippen LogP contribution is -2.34. The second kappa shape index (κ2) is 6.13. The van der Waals surface area contributed by atoms with Gasteiger partial charge in [0, 0.05) is 13.1 Å². The Morgan fingerprint density at radius 3 is 2.93 bits per heavy atom. The number of aliphatic hydroxyl groups excluding tert-OH is 1. The average Bonchev–Trinajstić information content (AvgIpc) is 2.76. The molecule has 1 aromatic heterocycles. The quantitative estimate of drug-likeness (QED) is 0.697. The number of nitrogens with zero attached hydrogens (tertiary/aromatic N) is 3. The van der Waals surface area contributed by atoms with Crippen molar-refractivity contribution in [2.75, 3.05) is 19.7 Å². The fraction of sp³-hybridized carbons (Fsp3) is 0.667. The lowest BCUT2D eigenvalue weighted by atomic mass is 10.3. The Morgan fingerprint density at radius 1 is 1.60 bits per heavy atom. The number of rotatable bonds is 6. The standard InChI is InChI=1S/C9H16N4O2/c1-2-3-4-13(5-6-14)9(15)8-7-10-12-11-8/h7,14H,2-6H2,1H3,(H,10,11,12). The van der Waals surface area contributed by atoms with Crippen molar-refractivity contribution < 1.29 is 9.90 Å². The molecule has 0 saturated heterocycles. The number of aromatic nitrogens is 3. The maximum absolute atomic E-state index is 11.8. The molecule has 0 bridgehead atoms. The molecule has 6 nitrogen and oxygen atoms in total. The number of nitrogens with one attached hydrogen (secondary N) is 1. The van der Waals surface area contributed by atoms with Crippen molar-refractivity contribution in [3.05, 3.63) is 11.9 Å². The van der Waals surface area contributed by atoms with Gasteiger partial charge in [0.15, 0.2) is 5.69 Å². The van der Waals surface area contributed by atoms with Gasteiger partial charge in [0.05, 0.1) is 12.8 Å². The molecule has 0 radical (unpaired) electrons. The number of aromatic amines is 1. The fourth-order valence-corrected chi connectivity index (χ4v) is 1.25. The third kappa shape index (κ3) is 3.32. The van der Waals surface area contributed by atoms with Crippen molar-refractivity contribution in [1.29, 1.82) is 0 Å². The van der Waals surface area contributed by atoms with Gasteiger partial charge in [-0.2, -0.15) is 15.4 Å². The monoisotopic (exact) mass is 212 g/mol. The largest absolute Gasteiger partial charge is 0.395 e. The van der Waals surface area contributed by atoms with Crippen LogP contribution in [0.2, 0.25) is 0 Å². The zero-order valence-corrected chi connectivity index (χ0v) is 8.81. The van der Waals surface area contributed by atoms with Crippen LogP contribution in [0.4, 0.5) is 0 Å². The average molecular weight is 212 g/mol. The van der Waals surface area contributed by atoms with Crippen LogP contribution < -0.4 is 0 Å². The maximum atomic E-state index is 11.8. The van der Waals surface area contributed by atoms with Crippen LogP contribution in [0.1, 0.15) is 30.3 Å². The van der Waals surface area contributed by atoms with E-state index in [0.717, 1.165) is 12.8 Å². The van der Waals surface area contributed by atoms with E-state index in [2.05, 4.69) is 22.3 Å². The highest BCUT2D eigenvalue weighted by atomic mass is 16.3. The molecule has 0 fully saturated rings. The minimum atomic E-state index is -0.189. The number of hydrogen-bond acceptors (Lipinski definition) is 4. The van der Waals surface area contributed by atoms with Crippen LogP contribution in [0.3, 0.4) is 0 Å². The molecule has 1 heterocycles. The summed E-state index contributed by atoms with van der Waals surface area (Å²) in [4.78, 5) is 13.4. The molecule has 0 aliphatic rings. The molecule has 0 spiro atoms. The number of hydrogen-bond donors (Lipinski definition) is 2. The fourth-order valence-electron chi connectivity index (χ4n) is 1.25. The molecule has 0 atom stereocenters. The zero-order valence-electron chi connectivity index (χ0n) is 8.81. The van der Waals surface area contributed by atoms with Crippen molar-refractivity contribution in [3.63, 3.8) is 0 Å². The highest BCUT2D eigenvalue weighted by Gasteiger charge is 2.16. The van der Waals surface area contributed by atoms with Gasteiger partial charge in [0.1, 0.15) is 0 Å². The Labute approximate surface area is 88.3 Å². The van der Waals surface area contributed by atoms with Crippen LogP contribution in [-0.2, 0) is 0 Å². The van der Waals surface area contributed by atoms with E-state index in [1.807, 2.05) is 0 Å². The first-order valence-corrected chi connectivity index (χ1v) is 5.05. The number of carbonyl (C=O) groups excluding carboxylic acids is 1. The predicted molar refractivity (Wildman–Crippen MR) is 54.3 cm³/mol. The highest BCUT2D eigenvalue weighted by Crippen LogP contribution is 2.01. The minimum absolute atomic E-state index is 0.0344. The van der Waals surface area contributed by atoms with E-state index in [-0.39, 0.29) is 12.5 Å². The number of amides is 1. The smallest absolute Gasteiger partial charge is 0.276 e. The van der Waals surface area contributed by atoms with Crippen LogP contribution in [0.5, 0.6) is 0 Å². The molecule has 15 heavy (non-hydrogen) atoms. The molecule has 0 saturated carbocycles. The van der Waals surface area contributed by atoms with Crippen molar-refractivity contribution in [1.82, 2.24) is 20.3 Å². The maximum Gasteiger partial charge on any atom is 0.276 e. The molecule has 0 aliphatic carbocycles. The van der Waals surface area contributed by atoms with Gasteiger partial charge in [0.25, 0.3) is 5.91 Å². The van der Waals surface area contributed by atoms with Crippen molar-refractivity contribution in [2.45, 2.75) is 19.8 Å². The number of unbranched alkanes of at least 4 members (excludes halogenated alkanes) is 1. The van der Waals surface area contributed by atoms with Gasteiger partial charge in [-0.3, -0.25) is 4.79 Å². The molecule has 1 rings (SSSR count). The van der Waals surface area contributed by atoms with Gasteiger partial charge >= 0.3 is 0 Å². The molecule has 0 unspecified atom stereocenters. The lowest BCUT2D eigenvalue weighted by Gasteiger charge is -2.19. The SMILES string of the molecule is CCCCN(CCO)C(=O)c1cn[nH]n1. The molecule has 6 heteroatoms. The van der Waals surface area contributed by atoms with Crippen LogP contribution in [0.25, 0.3) is 0 Å². The highest BCUT2D eigenvalue weighted by molar-refractivity contribution is 5.91. The summed E-state index contributed by atoms with van der Waals surface area (Å²) in [5.74, 6) is -0.189. The summed E-state index contributed by atoms with van der Waals surface area (Å²) >= 11 is 0. The Hall–Kier alpha value is -1.43. The Kier molecular flexibility index (Phi) is 4.76. The van der Waals surface area contributed by atoms with Gasteiger partial charge in [-0.05, 0) is 6.42 Å². The third-order valence-corrected chi connectivity index (χ3v) is 2.07. The van der Waals surface area contributed by atoms with Crippen molar-refractivity contribution >= 4 is 5.91 Å². The number of H-pyrrole nitrogens is 1. The summed E-state index contributed by atoms with van der Waals surface area (Å²) < 4.78 is 0. The molecule has 0 aromatic carbocycles. The second-order valence-electron chi connectivity index (χ2n) is 3.22. The summed E-state index contributed by atoms with van der Waals surface area (Å²) in [6.45, 7) is 3.00. The lowest BCUT2D eigenvalue weighted by molar-refractivity contribution is 0.0713. The van der Waals surface area contributed by atoms with E-state index in [1.165, 1.54) is 6.20 Å². The van der Waals surface area contributed by atoms with E-state index in [1.54, 1.807) is 4.90 Å². The minimum Gasteiger partial charge on any atom is -0.395 e. The summed E-state index contributed by atoms with van der Waals surface area (Å²) in [5, 5.41) is 18.5. The van der Waals surface area contributed by atoms with Crippen molar-refractivity contribution in [2.24, 2.45) is 0 Å². The molecule has 1 aromatic rings. The number of carbonyl (C=O) groups is 1. The van der Waals surface area contributed by atoms with Gasteiger partial charge in [-0.15, -0.1) is 0 Å². The molecular weight excluding hydrogens is 196 g/mol.